The van der Waals surface area contributed by atoms with Crippen molar-refractivity contribution in [2.75, 3.05) is 0 Å². The molecule has 1 aliphatic rings. The van der Waals surface area contributed by atoms with E-state index >= 15 is 0 Å². The van der Waals surface area contributed by atoms with Gasteiger partial charge in [-0.2, -0.15) is 5.10 Å². The Kier molecular flexibility index (Phi) is 5.99. The van der Waals surface area contributed by atoms with Gasteiger partial charge >= 0.3 is 0 Å². The maximum absolute atomic E-state index is 11.9. The van der Waals surface area contributed by atoms with E-state index in [0.717, 1.165) is 23.7 Å². The highest BCUT2D eigenvalue weighted by atomic mass is 79.9. The molecule has 0 aliphatic heterocycles. The van der Waals surface area contributed by atoms with E-state index in [4.69, 9.17) is 4.74 Å². The first-order valence-corrected chi connectivity index (χ1v) is 7.84. The third kappa shape index (κ3) is 5.34. The smallest absolute Gasteiger partial charge is 0.280 e. The van der Waals surface area contributed by atoms with E-state index in [1.165, 1.54) is 0 Å². The molecule has 1 aliphatic carbocycles. The second-order valence-electron chi connectivity index (χ2n) is 5.02. The summed E-state index contributed by atoms with van der Waals surface area (Å²) in [5.74, 6) is 0.808. The third-order valence-electron chi connectivity index (χ3n) is 3.25. The number of ether oxygens (including phenoxy) is 1. The highest BCUT2D eigenvalue weighted by molar-refractivity contribution is 9.10. The van der Waals surface area contributed by atoms with E-state index in [2.05, 4.69) is 38.6 Å². The fourth-order valence-electron chi connectivity index (χ4n) is 2.05. The summed E-state index contributed by atoms with van der Waals surface area (Å²) in [5, 5.41) is 4.03. The number of carbonyl (C=O) groups excluding carboxylic acids is 1. The van der Waals surface area contributed by atoms with E-state index in [0.29, 0.717) is 11.7 Å². The van der Waals surface area contributed by atoms with Gasteiger partial charge in [0.1, 0.15) is 5.75 Å². The molecule has 1 aromatic rings. The van der Waals surface area contributed by atoms with Crippen LogP contribution >= 0.6 is 15.9 Å². The van der Waals surface area contributed by atoms with Crippen LogP contribution in [-0.4, -0.2) is 18.2 Å². The second-order valence-corrected chi connectivity index (χ2v) is 5.93. The molecule has 112 valence electrons. The van der Waals surface area contributed by atoms with Crippen LogP contribution in [0.4, 0.5) is 0 Å². The van der Waals surface area contributed by atoms with Gasteiger partial charge in [0.05, 0.1) is 0 Å². The molecule has 2 atom stereocenters. The molecule has 0 saturated carbocycles. The van der Waals surface area contributed by atoms with Gasteiger partial charge < -0.3 is 4.74 Å². The van der Waals surface area contributed by atoms with Crippen molar-refractivity contribution in [1.29, 1.82) is 0 Å². The Morgan fingerprint density at radius 1 is 1.52 bits per heavy atom. The van der Waals surface area contributed by atoms with Crippen molar-refractivity contribution in [3.05, 3.63) is 40.9 Å². The quantitative estimate of drug-likeness (QED) is 0.500. The highest BCUT2D eigenvalue weighted by Gasteiger charge is 2.14. The summed E-state index contributed by atoms with van der Waals surface area (Å²) in [6.07, 6.45) is 8.70. The molecule has 2 rings (SSSR count). The van der Waals surface area contributed by atoms with Gasteiger partial charge in [0, 0.05) is 10.7 Å². The second kappa shape index (κ2) is 7.98. The maximum Gasteiger partial charge on any atom is 0.280 e. The minimum Gasteiger partial charge on any atom is -0.481 e. The topological polar surface area (TPSA) is 50.7 Å². The Morgan fingerprint density at radius 2 is 2.38 bits per heavy atom. The molecule has 21 heavy (non-hydrogen) atoms. The fraction of sp³-hybridized carbons (Fsp3) is 0.375. The Hall–Kier alpha value is -1.62. The zero-order valence-electron chi connectivity index (χ0n) is 12.0. The first-order chi connectivity index (χ1) is 10.1. The van der Waals surface area contributed by atoms with Gasteiger partial charge in [-0.1, -0.05) is 34.1 Å². The molecular formula is C16H19BrN2O2. The van der Waals surface area contributed by atoms with Crippen molar-refractivity contribution in [2.45, 2.75) is 32.3 Å². The molecule has 0 radical (unpaired) electrons. The number of benzene rings is 1. The number of rotatable bonds is 5. The normalized spacial score (nSPS) is 19.4. The number of amides is 1. The van der Waals surface area contributed by atoms with E-state index < -0.39 is 6.10 Å². The number of hydrogen-bond donors (Lipinski definition) is 1. The maximum atomic E-state index is 11.9. The molecule has 0 fully saturated rings. The van der Waals surface area contributed by atoms with Crippen LogP contribution < -0.4 is 10.2 Å². The Balaban J connectivity index is 1.79. The highest BCUT2D eigenvalue weighted by Crippen LogP contribution is 2.19. The number of allylic oxidation sites excluding steroid dienone is 2. The van der Waals surface area contributed by atoms with Gasteiger partial charge in [-0.25, -0.2) is 5.43 Å². The van der Waals surface area contributed by atoms with Gasteiger partial charge in [0.25, 0.3) is 5.91 Å². The molecule has 1 N–H and O–H groups in total. The average molecular weight is 351 g/mol. The molecule has 1 aromatic carbocycles. The Labute approximate surface area is 133 Å². The van der Waals surface area contributed by atoms with Gasteiger partial charge in [-0.15, -0.1) is 0 Å². The molecular weight excluding hydrogens is 332 g/mol. The number of halogens is 1. The number of hydrogen-bond acceptors (Lipinski definition) is 3. The number of nitrogens with one attached hydrogen (secondary N) is 1. The number of carbonyl (C=O) groups is 1. The molecule has 0 bridgehead atoms. The molecule has 0 spiro atoms. The molecule has 0 unspecified atom stereocenters. The zero-order chi connectivity index (χ0) is 15.1. The van der Waals surface area contributed by atoms with Gasteiger partial charge in [-0.3, -0.25) is 4.79 Å². The standard InChI is InChI=1S/C16H19BrN2O2/c1-12(21-15-9-5-8-14(17)10-15)16(20)19-18-11-13-6-3-2-4-7-13/h2-3,5,8-13H,4,6-7H2,1H3,(H,19,20)/b18-11-/t12-,13+/m1/s1. The summed E-state index contributed by atoms with van der Waals surface area (Å²) in [5.41, 5.74) is 2.53. The molecule has 0 heterocycles. The van der Waals surface area contributed by atoms with Gasteiger partial charge in [0.15, 0.2) is 6.10 Å². The van der Waals surface area contributed by atoms with Crippen molar-refractivity contribution in [3.8, 4) is 5.75 Å². The molecule has 5 heteroatoms. The fourth-order valence-corrected chi connectivity index (χ4v) is 2.43. The van der Waals surface area contributed by atoms with Crippen LogP contribution in [-0.2, 0) is 4.79 Å². The van der Waals surface area contributed by atoms with Crippen molar-refractivity contribution >= 4 is 28.1 Å². The monoisotopic (exact) mass is 350 g/mol. The van der Waals surface area contributed by atoms with Crippen LogP contribution in [0.3, 0.4) is 0 Å². The van der Waals surface area contributed by atoms with Crippen LogP contribution in [0.25, 0.3) is 0 Å². The van der Waals surface area contributed by atoms with E-state index in [1.807, 2.05) is 30.5 Å². The molecule has 4 nitrogen and oxygen atoms in total. The first kappa shape index (κ1) is 15.8. The summed E-state index contributed by atoms with van der Waals surface area (Å²) in [4.78, 5) is 11.9. The van der Waals surface area contributed by atoms with Crippen LogP contribution in [0.15, 0.2) is 46.0 Å². The number of hydrazone groups is 1. The number of nitrogens with zero attached hydrogens (tertiary/aromatic N) is 1. The minimum absolute atomic E-state index is 0.252. The summed E-state index contributed by atoms with van der Waals surface area (Å²) in [6, 6.07) is 7.40. The van der Waals surface area contributed by atoms with Crippen LogP contribution in [0.5, 0.6) is 5.75 Å². The summed E-state index contributed by atoms with van der Waals surface area (Å²) >= 11 is 3.37. The lowest BCUT2D eigenvalue weighted by Gasteiger charge is -2.14. The van der Waals surface area contributed by atoms with Crippen molar-refractivity contribution in [3.63, 3.8) is 0 Å². The van der Waals surface area contributed by atoms with Gasteiger partial charge in [-0.05, 0) is 50.3 Å². The van der Waals surface area contributed by atoms with Crippen molar-refractivity contribution in [2.24, 2.45) is 11.0 Å². The zero-order valence-corrected chi connectivity index (χ0v) is 13.5. The summed E-state index contributed by atoms with van der Waals surface area (Å²) in [7, 11) is 0. The predicted molar refractivity (Wildman–Crippen MR) is 87.3 cm³/mol. The molecule has 0 saturated heterocycles. The SMILES string of the molecule is C[C@@H](Oc1cccc(Br)c1)C(=O)N/N=C\[C@H]1CC=CCC1. The Morgan fingerprint density at radius 3 is 3.10 bits per heavy atom. The van der Waals surface area contributed by atoms with Gasteiger partial charge in [0.2, 0.25) is 0 Å². The lowest BCUT2D eigenvalue weighted by Crippen LogP contribution is -2.33. The molecule has 0 aromatic heterocycles. The lowest BCUT2D eigenvalue weighted by molar-refractivity contribution is -0.127. The Bertz CT molecular complexity index is 543. The lowest BCUT2D eigenvalue weighted by atomic mass is 9.96. The first-order valence-electron chi connectivity index (χ1n) is 7.05. The van der Waals surface area contributed by atoms with E-state index in [1.54, 1.807) is 6.92 Å². The summed E-state index contributed by atoms with van der Waals surface area (Å²) < 4.78 is 6.49. The largest absolute Gasteiger partial charge is 0.481 e. The van der Waals surface area contributed by atoms with E-state index in [9.17, 15) is 4.79 Å². The van der Waals surface area contributed by atoms with Crippen LogP contribution in [0.2, 0.25) is 0 Å². The average Bonchev–Trinajstić information content (AvgIpc) is 2.48. The summed E-state index contributed by atoms with van der Waals surface area (Å²) in [6.45, 7) is 1.70. The molecule has 1 amide bonds. The van der Waals surface area contributed by atoms with Crippen molar-refractivity contribution < 1.29 is 9.53 Å². The van der Waals surface area contributed by atoms with E-state index in [-0.39, 0.29) is 5.91 Å². The predicted octanol–water partition coefficient (Wildman–Crippen LogP) is 3.67. The van der Waals surface area contributed by atoms with Crippen LogP contribution in [0.1, 0.15) is 26.2 Å². The third-order valence-corrected chi connectivity index (χ3v) is 3.74. The van der Waals surface area contributed by atoms with Crippen LogP contribution in [0, 0.1) is 5.92 Å². The van der Waals surface area contributed by atoms with Crippen molar-refractivity contribution in [1.82, 2.24) is 5.43 Å². The minimum atomic E-state index is -0.595.